The third kappa shape index (κ3) is 4.12. The summed E-state index contributed by atoms with van der Waals surface area (Å²) in [7, 11) is 0. The number of guanidine groups is 1. The number of rotatable bonds is 7. The van der Waals surface area contributed by atoms with E-state index >= 15 is 0 Å². The highest BCUT2D eigenvalue weighted by molar-refractivity contribution is 5.80. The van der Waals surface area contributed by atoms with Gasteiger partial charge in [-0.1, -0.05) is 13.8 Å². The Morgan fingerprint density at radius 3 is 2.30 bits per heavy atom. The number of aliphatic imine (C=N–C) groups is 1. The van der Waals surface area contributed by atoms with Crippen molar-refractivity contribution in [2.75, 3.05) is 13.1 Å². The summed E-state index contributed by atoms with van der Waals surface area (Å²) in [6.07, 6.45) is 9.92. The highest BCUT2D eigenvalue weighted by atomic mass is 16.1. The number of carbonyl (C=O) groups excluding carboxylic acids is 1. The molecule has 5 rings (SSSR count). The fourth-order valence-corrected chi connectivity index (χ4v) is 7.03. The van der Waals surface area contributed by atoms with Crippen LogP contribution in [0.4, 0.5) is 0 Å². The molecule has 4 aliphatic carbocycles. The molecule has 0 aromatic heterocycles. The molecule has 4 bridgehead atoms. The lowest BCUT2D eigenvalue weighted by Gasteiger charge is -2.56. The Labute approximate surface area is 164 Å². The lowest BCUT2D eigenvalue weighted by atomic mass is 9.49. The Balaban J connectivity index is 1.37. The molecule has 5 aliphatic rings. The van der Waals surface area contributed by atoms with Gasteiger partial charge in [0.15, 0.2) is 5.96 Å². The lowest BCUT2D eigenvalue weighted by Crippen LogP contribution is -2.52. The smallest absolute Gasteiger partial charge is 0.220 e. The molecule has 1 amide bonds. The number of nitrogens with one attached hydrogen (secondary N) is 1. The first-order valence-electron chi connectivity index (χ1n) is 11.2. The zero-order valence-corrected chi connectivity index (χ0v) is 17.4. The normalized spacial score (nSPS) is 38.4. The van der Waals surface area contributed by atoms with Crippen LogP contribution in [0, 0.1) is 29.1 Å². The first-order chi connectivity index (χ1) is 12.8. The molecule has 3 N–H and O–H groups in total. The highest BCUT2D eigenvalue weighted by Crippen LogP contribution is 2.61. The van der Waals surface area contributed by atoms with Crippen molar-refractivity contribution in [3.05, 3.63) is 0 Å². The van der Waals surface area contributed by atoms with Crippen LogP contribution in [0.5, 0.6) is 0 Å². The van der Waals surface area contributed by atoms with Crippen LogP contribution < -0.4 is 11.1 Å². The molecule has 5 heteroatoms. The standard InChI is InChI=1S/C22H38N4O/c1-14(2)4-19(13-26-15(3)12-24-21(26)23)25-20(27)11-22-8-16-5-17(9-22)7-18(6-16)10-22/h14-19H,4-13H2,1-3H3,(H2,23,24)(H,25,27). The molecule has 152 valence electrons. The van der Waals surface area contributed by atoms with E-state index in [2.05, 4.69) is 36.0 Å². The molecule has 0 spiro atoms. The predicted octanol–water partition coefficient (Wildman–Crippen LogP) is 3.14. The van der Waals surface area contributed by atoms with Gasteiger partial charge in [-0.05, 0) is 81.0 Å². The van der Waals surface area contributed by atoms with Crippen molar-refractivity contribution >= 4 is 11.9 Å². The van der Waals surface area contributed by atoms with Gasteiger partial charge < -0.3 is 16.0 Å². The van der Waals surface area contributed by atoms with Gasteiger partial charge in [0.25, 0.3) is 0 Å². The van der Waals surface area contributed by atoms with Crippen LogP contribution in [-0.2, 0) is 4.79 Å². The molecule has 0 aromatic rings. The van der Waals surface area contributed by atoms with Crippen LogP contribution in [0.2, 0.25) is 0 Å². The Morgan fingerprint density at radius 2 is 1.81 bits per heavy atom. The largest absolute Gasteiger partial charge is 0.370 e. The molecule has 4 saturated carbocycles. The van der Waals surface area contributed by atoms with Crippen molar-refractivity contribution in [1.29, 1.82) is 0 Å². The van der Waals surface area contributed by atoms with Crippen molar-refractivity contribution in [1.82, 2.24) is 10.2 Å². The van der Waals surface area contributed by atoms with E-state index in [9.17, 15) is 4.79 Å². The molecular formula is C22H38N4O. The molecule has 4 fully saturated rings. The number of carbonyl (C=O) groups is 1. The summed E-state index contributed by atoms with van der Waals surface area (Å²) in [4.78, 5) is 19.6. The minimum Gasteiger partial charge on any atom is -0.370 e. The van der Waals surface area contributed by atoms with E-state index in [1.165, 1.54) is 38.5 Å². The second kappa shape index (κ2) is 7.29. The first kappa shape index (κ1) is 19.1. The number of amides is 1. The minimum absolute atomic E-state index is 0.153. The Kier molecular flexibility index (Phi) is 5.15. The van der Waals surface area contributed by atoms with Crippen LogP contribution >= 0.6 is 0 Å². The van der Waals surface area contributed by atoms with E-state index in [1.807, 2.05) is 0 Å². The number of hydrogen-bond donors (Lipinski definition) is 2. The molecule has 1 heterocycles. The molecule has 0 radical (unpaired) electrons. The molecular weight excluding hydrogens is 336 g/mol. The van der Waals surface area contributed by atoms with E-state index in [0.29, 0.717) is 23.3 Å². The average molecular weight is 375 g/mol. The molecule has 5 nitrogen and oxygen atoms in total. The van der Waals surface area contributed by atoms with Gasteiger partial charge in [0.2, 0.25) is 5.91 Å². The van der Waals surface area contributed by atoms with Gasteiger partial charge in [0.1, 0.15) is 0 Å². The van der Waals surface area contributed by atoms with Crippen LogP contribution in [0.3, 0.4) is 0 Å². The molecule has 1 aliphatic heterocycles. The number of hydrogen-bond acceptors (Lipinski definition) is 4. The number of nitrogens with zero attached hydrogens (tertiary/aromatic N) is 2. The predicted molar refractivity (Wildman–Crippen MR) is 109 cm³/mol. The Morgan fingerprint density at radius 1 is 1.22 bits per heavy atom. The summed E-state index contributed by atoms with van der Waals surface area (Å²) in [5.74, 6) is 4.15. The van der Waals surface area contributed by atoms with Crippen LogP contribution in [0.1, 0.15) is 72.1 Å². The summed E-state index contributed by atoms with van der Waals surface area (Å²) in [6.45, 7) is 8.15. The van der Waals surface area contributed by atoms with Gasteiger partial charge in [-0.2, -0.15) is 0 Å². The zero-order valence-electron chi connectivity index (χ0n) is 17.4. The molecule has 2 unspecified atom stereocenters. The molecule has 27 heavy (non-hydrogen) atoms. The SMILES string of the molecule is CC(C)CC(CN1C(N)=NCC1C)NC(=O)CC12CC3CC(CC(C3)C1)C2. The second-order valence-corrected chi connectivity index (χ2v) is 10.7. The monoisotopic (exact) mass is 374 g/mol. The van der Waals surface area contributed by atoms with Crippen molar-refractivity contribution in [2.45, 2.75) is 84.2 Å². The van der Waals surface area contributed by atoms with Gasteiger partial charge in [-0.15, -0.1) is 0 Å². The maximum absolute atomic E-state index is 13.1. The Hall–Kier alpha value is -1.26. The third-order valence-corrected chi connectivity index (χ3v) is 7.58. The number of nitrogens with two attached hydrogens (primary N) is 1. The maximum atomic E-state index is 13.1. The quantitative estimate of drug-likeness (QED) is 0.719. The third-order valence-electron chi connectivity index (χ3n) is 7.58. The summed E-state index contributed by atoms with van der Waals surface area (Å²) in [5.41, 5.74) is 6.39. The van der Waals surface area contributed by atoms with E-state index in [4.69, 9.17) is 5.73 Å². The van der Waals surface area contributed by atoms with E-state index in [0.717, 1.165) is 43.7 Å². The topological polar surface area (TPSA) is 70.7 Å². The summed E-state index contributed by atoms with van der Waals surface area (Å²) in [5, 5.41) is 3.40. The van der Waals surface area contributed by atoms with Crippen molar-refractivity contribution in [3.63, 3.8) is 0 Å². The van der Waals surface area contributed by atoms with Gasteiger partial charge in [-0.3, -0.25) is 9.79 Å². The second-order valence-electron chi connectivity index (χ2n) is 10.7. The molecule has 0 aromatic carbocycles. The van der Waals surface area contributed by atoms with Gasteiger partial charge in [-0.25, -0.2) is 0 Å². The molecule has 0 saturated heterocycles. The van der Waals surface area contributed by atoms with Crippen molar-refractivity contribution < 1.29 is 4.79 Å². The maximum Gasteiger partial charge on any atom is 0.220 e. The highest BCUT2D eigenvalue weighted by Gasteiger charge is 2.51. The summed E-state index contributed by atoms with van der Waals surface area (Å²) in [6, 6.07) is 0.487. The average Bonchev–Trinajstić information content (AvgIpc) is 2.84. The summed E-state index contributed by atoms with van der Waals surface area (Å²) >= 11 is 0. The Bertz CT molecular complexity index is 564. The van der Waals surface area contributed by atoms with Gasteiger partial charge in [0, 0.05) is 25.0 Å². The van der Waals surface area contributed by atoms with E-state index in [1.54, 1.807) is 0 Å². The van der Waals surface area contributed by atoms with Crippen LogP contribution in [0.15, 0.2) is 4.99 Å². The van der Waals surface area contributed by atoms with E-state index in [-0.39, 0.29) is 11.9 Å². The van der Waals surface area contributed by atoms with Crippen molar-refractivity contribution in [3.8, 4) is 0 Å². The van der Waals surface area contributed by atoms with Gasteiger partial charge in [0.05, 0.1) is 6.54 Å². The van der Waals surface area contributed by atoms with Crippen LogP contribution in [-0.4, -0.2) is 41.9 Å². The fourth-order valence-electron chi connectivity index (χ4n) is 7.03. The minimum atomic E-state index is 0.153. The first-order valence-corrected chi connectivity index (χ1v) is 11.2. The van der Waals surface area contributed by atoms with E-state index < -0.39 is 0 Å². The molecule has 2 atom stereocenters. The van der Waals surface area contributed by atoms with Gasteiger partial charge >= 0.3 is 0 Å². The van der Waals surface area contributed by atoms with Crippen molar-refractivity contribution in [2.24, 2.45) is 39.8 Å². The summed E-state index contributed by atoms with van der Waals surface area (Å²) < 4.78 is 0. The van der Waals surface area contributed by atoms with Crippen LogP contribution in [0.25, 0.3) is 0 Å². The zero-order chi connectivity index (χ0) is 19.2. The lowest BCUT2D eigenvalue weighted by molar-refractivity contribution is -0.130. The fraction of sp³-hybridized carbons (Fsp3) is 0.909.